The van der Waals surface area contributed by atoms with E-state index < -0.39 is 11.3 Å². The Morgan fingerprint density at radius 2 is 2.18 bits per heavy atom. The minimum absolute atomic E-state index is 0.0750. The molecule has 0 bridgehead atoms. The van der Waals surface area contributed by atoms with Crippen LogP contribution in [0.1, 0.15) is 24.2 Å². The van der Waals surface area contributed by atoms with Gasteiger partial charge in [0.2, 0.25) is 0 Å². The van der Waals surface area contributed by atoms with Crippen molar-refractivity contribution in [3.05, 3.63) is 34.9 Å². The van der Waals surface area contributed by atoms with Crippen molar-refractivity contribution in [2.75, 3.05) is 13.2 Å². The molecule has 0 heterocycles. The lowest BCUT2D eigenvalue weighted by atomic mass is 9.75. The summed E-state index contributed by atoms with van der Waals surface area (Å²) in [5.74, 6) is -0.486. The molecular weight excluding hydrogens is 238 g/mol. The molecule has 17 heavy (non-hydrogen) atoms. The molecule has 0 aliphatic rings. The van der Waals surface area contributed by atoms with Gasteiger partial charge in [0.25, 0.3) is 0 Å². The third-order valence-corrected chi connectivity index (χ3v) is 3.25. The summed E-state index contributed by atoms with van der Waals surface area (Å²) in [7, 11) is 0. The van der Waals surface area contributed by atoms with Crippen molar-refractivity contribution in [1.82, 2.24) is 0 Å². The predicted octanol–water partition coefficient (Wildman–Crippen LogP) is 2.12. The van der Waals surface area contributed by atoms with Gasteiger partial charge < -0.3 is 10.8 Å². The standard InChI is InChI=1S/C13H18ClNO2/c1-13(2,8-16)11(7-15)12(17)9-4-3-5-10(14)6-9/h3-6,11,16H,7-8,15H2,1-2H3. The summed E-state index contributed by atoms with van der Waals surface area (Å²) in [6, 6.07) is 6.78. The lowest BCUT2D eigenvalue weighted by Gasteiger charge is -2.30. The Labute approximate surface area is 107 Å². The maximum atomic E-state index is 12.3. The molecule has 3 N–H and O–H groups in total. The molecule has 1 aromatic carbocycles. The first-order chi connectivity index (χ1) is 7.92. The third kappa shape index (κ3) is 3.28. The van der Waals surface area contributed by atoms with Crippen molar-refractivity contribution in [2.45, 2.75) is 13.8 Å². The fourth-order valence-corrected chi connectivity index (χ4v) is 1.92. The number of aliphatic hydroxyl groups is 1. The van der Waals surface area contributed by atoms with Crippen molar-refractivity contribution in [3.63, 3.8) is 0 Å². The van der Waals surface area contributed by atoms with Gasteiger partial charge in [-0.15, -0.1) is 0 Å². The van der Waals surface area contributed by atoms with E-state index in [-0.39, 0.29) is 18.9 Å². The van der Waals surface area contributed by atoms with Gasteiger partial charge in [-0.05, 0) is 17.5 Å². The van der Waals surface area contributed by atoms with Gasteiger partial charge in [0.05, 0.1) is 0 Å². The van der Waals surface area contributed by atoms with Crippen LogP contribution >= 0.6 is 11.6 Å². The zero-order valence-electron chi connectivity index (χ0n) is 10.1. The fourth-order valence-electron chi connectivity index (χ4n) is 1.73. The van der Waals surface area contributed by atoms with E-state index >= 15 is 0 Å². The number of hydrogen-bond acceptors (Lipinski definition) is 3. The Balaban J connectivity index is 3.02. The summed E-state index contributed by atoms with van der Waals surface area (Å²) in [4.78, 5) is 12.3. The Morgan fingerprint density at radius 3 is 2.65 bits per heavy atom. The predicted molar refractivity (Wildman–Crippen MR) is 69.2 cm³/mol. The second-order valence-electron chi connectivity index (χ2n) is 4.81. The van der Waals surface area contributed by atoms with Crippen LogP contribution in [0.5, 0.6) is 0 Å². The maximum absolute atomic E-state index is 12.3. The van der Waals surface area contributed by atoms with Gasteiger partial charge in [0.1, 0.15) is 0 Å². The average molecular weight is 256 g/mol. The van der Waals surface area contributed by atoms with Crippen LogP contribution in [-0.4, -0.2) is 24.0 Å². The SMILES string of the molecule is CC(C)(CO)C(CN)C(=O)c1cccc(Cl)c1. The molecule has 0 fully saturated rings. The maximum Gasteiger partial charge on any atom is 0.167 e. The molecule has 0 radical (unpaired) electrons. The number of Topliss-reactive ketones (excluding diaryl/α,β-unsaturated/α-hetero) is 1. The number of carbonyl (C=O) groups excluding carboxylic acids is 1. The summed E-state index contributed by atoms with van der Waals surface area (Å²) < 4.78 is 0. The van der Waals surface area contributed by atoms with Crippen molar-refractivity contribution in [2.24, 2.45) is 17.1 Å². The highest BCUT2D eigenvalue weighted by atomic mass is 35.5. The highest BCUT2D eigenvalue weighted by molar-refractivity contribution is 6.31. The number of rotatable bonds is 5. The van der Waals surface area contributed by atoms with E-state index in [4.69, 9.17) is 17.3 Å². The van der Waals surface area contributed by atoms with Crippen molar-refractivity contribution in [3.8, 4) is 0 Å². The minimum atomic E-state index is -0.534. The molecule has 3 nitrogen and oxygen atoms in total. The molecular formula is C13H18ClNO2. The normalized spacial score (nSPS) is 13.5. The molecule has 1 unspecified atom stereocenters. The Hall–Kier alpha value is -0.900. The van der Waals surface area contributed by atoms with Gasteiger partial charge in [-0.25, -0.2) is 0 Å². The second kappa shape index (κ2) is 5.63. The first-order valence-corrected chi connectivity index (χ1v) is 5.91. The van der Waals surface area contributed by atoms with E-state index in [1.54, 1.807) is 24.3 Å². The molecule has 0 saturated heterocycles. The van der Waals surface area contributed by atoms with Gasteiger partial charge in [0, 0.05) is 29.7 Å². The molecule has 0 aliphatic carbocycles. The highest BCUT2D eigenvalue weighted by Crippen LogP contribution is 2.29. The smallest absolute Gasteiger partial charge is 0.167 e. The molecule has 1 atom stereocenters. The molecule has 0 aromatic heterocycles. The van der Waals surface area contributed by atoms with Crippen LogP contribution in [0.4, 0.5) is 0 Å². The van der Waals surface area contributed by atoms with Gasteiger partial charge in [-0.3, -0.25) is 4.79 Å². The van der Waals surface area contributed by atoms with Crippen LogP contribution in [0.3, 0.4) is 0 Å². The van der Waals surface area contributed by atoms with Crippen LogP contribution in [0.15, 0.2) is 24.3 Å². The van der Waals surface area contributed by atoms with Gasteiger partial charge in [0.15, 0.2) is 5.78 Å². The van der Waals surface area contributed by atoms with E-state index in [0.29, 0.717) is 10.6 Å². The monoisotopic (exact) mass is 255 g/mol. The number of hydrogen-bond donors (Lipinski definition) is 2. The molecule has 0 saturated carbocycles. The molecule has 4 heteroatoms. The molecule has 0 aliphatic heterocycles. The van der Waals surface area contributed by atoms with E-state index in [9.17, 15) is 9.90 Å². The lowest BCUT2D eigenvalue weighted by molar-refractivity contribution is 0.0649. The molecule has 0 spiro atoms. The van der Waals surface area contributed by atoms with E-state index in [0.717, 1.165) is 0 Å². The summed E-state index contributed by atoms with van der Waals surface area (Å²) >= 11 is 5.85. The Kier molecular flexibility index (Phi) is 4.69. The topological polar surface area (TPSA) is 63.3 Å². The number of ketones is 1. The van der Waals surface area contributed by atoms with Crippen molar-refractivity contribution >= 4 is 17.4 Å². The Morgan fingerprint density at radius 1 is 1.53 bits per heavy atom. The van der Waals surface area contributed by atoms with Crippen molar-refractivity contribution < 1.29 is 9.90 Å². The largest absolute Gasteiger partial charge is 0.396 e. The number of halogens is 1. The van der Waals surface area contributed by atoms with Crippen molar-refractivity contribution in [1.29, 1.82) is 0 Å². The van der Waals surface area contributed by atoms with Gasteiger partial charge in [-0.2, -0.15) is 0 Å². The first kappa shape index (κ1) is 14.2. The summed E-state index contributed by atoms with van der Waals surface area (Å²) in [6.07, 6.45) is 0. The van der Waals surface area contributed by atoms with E-state index in [1.165, 1.54) is 0 Å². The average Bonchev–Trinajstić information content (AvgIpc) is 2.29. The van der Waals surface area contributed by atoms with Gasteiger partial charge >= 0.3 is 0 Å². The van der Waals surface area contributed by atoms with Crippen LogP contribution < -0.4 is 5.73 Å². The summed E-state index contributed by atoms with van der Waals surface area (Å²) in [5, 5.41) is 9.83. The fraction of sp³-hybridized carbons (Fsp3) is 0.462. The quantitative estimate of drug-likeness (QED) is 0.792. The molecule has 1 aromatic rings. The van der Waals surface area contributed by atoms with Crippen LogP contribution in [0.2, 0.25) is 5.02 Å². The lowest BCUT2D eigenvalue weighted by Crippen LogP contribution is -2.39. The number of benzene rings is 1. The highest BCUT2D eigenvalue weighted by Gasteiger charge is 2.34. The van der Waals surface area contributed by atoms with E-state index in [1.807, 2.05) is 13.8 Å². The van der Waals surface area contributed by atoms with Gasteiger partial charge in [-0.1, -0.05) is 37.6 Å². The summed E-state index contributed by atoms with van der Waals surface area (Å²) in [6.45, 7) is 3.78. The first-order valence-electron chi connectivity index (χ1n) is 5.53. The third-order valence-electron chi connectivity index (χ3n) is 3.01. The zero-order chi connectivity index (χ0) is 13.1. The van der Waals surface area contributed by atoms with Crippen LogP contribution in [0, 0.1) is 11.3 Å². The van der Waals surface area contributed by atoms with Crippen LogP contribution in [0.25, 0.3) is 0 Å². The molecule has 0 amide bonds. The van der Waals surface area contributed by atoms with E-state index in [2.05, 4.69) is 0 Å². The minimum Gasteiger partial charge on any atom is -0.396 e. The number of nitrogens with two attached hydrogens (primary N) is 1. The summed E-state index contributed by atoms with van der Waals surface area (Å²) in [5.41, 5.74) is 5.65. The Bertz CT molecular complexity index is 404. The molecule has 94 valence electrons. The zero-order valence-corrected chi connectivity index (χ0v) is 10.9. The second-order valence-corrected chi connectivity index (χ2v) is 5.25. The van der Waals surface area contributed by atoms with Crippen LogP contribution in [-0.2, 0) is 0 Å². The number of aliphatic hydroxyl groups excluding tert-OH is 1. The number of carbonyl (C=O) groups is 1. The molecule has 1 rings (SSSR count).